The maximum absolute atomic E-state index is 8.75. The smallest absolute Gasteiger partial charge is 0.191 e. The van der Waals surface area contributed by atoms with E-state index in [9.17, 15) is 0 Å². The van der Waals surface area contributed by atoms with E-state index >= 15 is 0 Å². The van der Waals surface area contributed by atoms with E-state index in [0.29, 0.717) is 0 Å². The molecular weight excluding hydrogens is 272 g/mol. The first-order valence-corrected chi connectivity index (χ1v) is 7.93. The van der Waals surface area contributed by atoms with Gasteiger partial charge in [0.2, 0.25) is 0 Å². The van der Waals surface area contributed by atoms with Crippen LogP contribution in [0.5, 0.6) is 0 Å². The van der Waals surface area contributed by atoms with E-state index in [1.807, 2.05) is 18.2 Å². The Balaban J connectivity index is 2.02. The molecule has 0 spiro atoms. The van der Waals surface area contributed by atoms with E-state index < -0.39 is 0 Å². The number of aliphatic hydroxyl groups excluding tert-OH is 1. The Hall–Kier alpha value is -1.40. The molecule has 2 aromatic heterocycles. The normalized spacial score (nSPS) is 10.9. The lowest BCUT2D eigenvalue weighted by molar-refractivity contribution is 0.284. The minimum Gasteiger partial charge on any atom is -0.396 e. The van der Waals surface area contributed by atoms with Gasteiger partial charge in [-0.05, 0) is 31.9 Å². The summed E-state index contributed by atoms with van der Waals surface area (Å²) < 4.78 is 2.10. The molecule has 0 saturated heterocycles. The monoisotopic (exact) mass is 292 g/mol. The average molecular weight is 292 g/mol. The number of rotatable bonds is 8. The third kappa shape index (κ3) is 3.80. The number of aromatic nitrogens is 4. The molecule has 1 N–H and O–H groups in total. The van der Waals surface area contributed by atoms with Crippen LogP contribution in [0, 0.1) is 0 Å². The van der Waals surface area contributed by atoms with Crippen LogP contribution in [0.15, 0.2) is 29.6 Å². The second kappa shape index (κ2) is 8.01. The van der Waals surface area contributed by atoms with Crippen molar-refractivity contribution in [1.82, 2.24) is 19.7 Å². The van der Waals surface area contributed by atoms with Gasteiger partial charge < -0.3 is 9.67 Å². The molecule has 5 nitrogen and oxygen atoms in total. The summed E-state index contributed by atoms with van der Waals surface area (Å²) in [7, 11) is 0. The Morgan fingerprint density at radius 2 is 2.10 bits per heavy atom. The van der Waals surface area contributed by atoms with Crippen molar-refractivity contribution < 1.29 is 5.11 Å². The summed E-state index contributed by atoms with van der Waals surface area (Å²) in [6, 6.07) is 5.80. The van der Waals surface area contributed by atoms with Crippen molar-refractivity contribution in [3.63, 3.8) is 0 Å². The van der Waals surface area contributed by atoms with E-state index in [0.717, 1.165) is 48.2 Å². The molecule has 0 fully saturated rings. The van der Waals surface area contributed by atoms with Crippen molar-refractivity contribution in [2.45, 2.75) is 37.9 Å². The third-order valence-electron chi connectivity index (χ3n) is 2.96. The predicted molar refractivity (Wildman–Crippen MR) is 80.6 cm³/mol. The molecule has 0 saturated carbocycles. The van der Waals surface area contributed by atoms with Gasteiger partial charge in [-0.3, -0.25) is 4.98 Å². The van der Waals surface area contributed by atoms with Crippen molar-refractivity contribution in [3.05, 3.63) is 24.4 Å². The van der Waals surface area contributed by atoms with Gasteiger partial charge in [0.25, 0.3) is 0 Å². The molecular formula is C14H20N4OS. The number of nitrogens with zero attached hydrogens (tertiary/aromatic N) is 4. The van der Waals surface area contributed by atoms with E-state index in [-0.39, 0.29) is 6.61 Å². The zero-order valence-corrected chi connectivity index (χ0v) is 12.5. The van der Waals surface area contributed by atoms with Crippen molar-refractivity contribution in [2.75, 3.05) is 12.4 Å². The second-order valence-corrected chi connectivity index (χ2v) is 5.46. The molecule has 20 heavy (non-hydrogen) atoms. The highest BCUT2D eigenvalue weighted by Gasteiger charge is 2.13. The number of thioether (sulfide) groups is 1. The highest BCUT2D eigenvalue weighted by molar-refractivity contribution is 7.99. The highest BCUT2D eigenvalue weighted by atomic mass is 32.2. The van der Waals surface area contributed by atoms with Crippen molar-refractivity contribution >= 4 is 11.8 Å². The molecule has 6 heteroatoms. The molecule has 0 radical (unpaired) electrons. The molecule has 0 unspecified atom stereocenters. The molecule has 0 bridgehead atoms. The fourth-order valence-corrected chi connectivity index (χ4v) is 2.92. The summed E-state index contributed by atoms with van der Waals surface area (Å²) in [5.74, 6) is 1.83. The Labute approximate surface area is 123 Å². The molecule has 0 aromatic carbocycles. The summed E-state index contributed by atoms with van der Waals surface area (Å²) in [6.07, 6.45) is 4.78. The van der Waals surface area contributed by atoms with E-state index in [4.69, 9.17) is 5.11 Å². The van der Waals surface area contributed by atoms with Gasteiger partial charge in [-0.25, -0.2) is 0 Å². The first kappa shape index (κ1) is 15.0. The minimum absolute atomic E-state index is 0.277. The molecule has 2 heterocycles. The minimum atomic E-state index is 0.277. The zero-order chi connectivity index (χ0) is 14.2. The lowest BCUT2D eigenvalue weighted by Gasteiger charge is -2.06. The Morgan fingerprint density at radius 1 is 1.20 bits per heavy atom. The lowest BCUT2D eigenvalue weighted by Crippen LogP contribution is -2.01. The van der Waals surface area contributed by atoms with Gasteiger partial charge in [0, 0.05) is 25.1 Å². The first-order chi connectivity index (χ1) is 9.86. The van der Waals surface area contributed by atoms with Crippen LogP contribution in [0.4, 0.5) is 0 Å². The number of hydrogen-bond acceptors (Lipinski definition) is 5. The Bertz CT molecular complexity index is 515. The molecule has 0 aliphatic carbocycles. The summed E-state index contributed by atoms with van der Waals surface area (Å²) in [4.78, 5) is 4.33. The van der Waals surface area contributed by atoms with Gasteiger partial charge >= 0.3 is 0 Å². The third-order valence-corrected chi connectivity index (χ3v) is 4.01. The van der Waals surface area contributed by atoms with Crippen LogP contribution in [-0.2, 0) is 6.54 Å². The van der Waals surface area contributed by atoms with Gasteiger partial charge in [0.05, 0.1) is 0 Å². The van der Waals surface area contributed by atoms with Crippen LogP contribution in [0.25, 0.3) is 11.5 Å². The van der Waals surface area contributed by atoms with Crippen molar-refractivity contribution in [2.24, 2.45) is 0 Å². The van der Waals surface area contributed by atoms with Crippen LogP contribution < -0.4 is 0 Å². The fourth-order valence-electron chi connectivity index (χ4n) is 1.92. The number of unbranched alkanes of at least 4 members (excludes halogenated alkanes) is 2. The van der Waals surface area contributed by atoms with Crippen LogP contribution in [-0.4, -0.2) is 37.2 Å². The summed E-state index contributed by atoms with van der Waals surface area (Å²) in [6.45, 7) is 3.20. The summed E-state index contributed by atoms with van der Waals surface area (Å²) >= 11 is 1.72. The summed E-state index contributed by atoms with van der Waals surface area (Å²) in [5.41, 5.74) is 0.856. The molecule has 0 aliphatic rings. The van der Waals surface area contributed by atoms with Crippen LogP contribution in [0.3, 0.4) is 0 Å². The van der Waals surface area contributed by atoms with Gasteiger partial charge in [0.15, 0.2) is 11.0 Å². The maximum Gasteiger partial charge on any atom is 0.191 e. The fraction of sp³-hybridized carbons (Fsp3) is 0.500. The van der Waals surface area contributed by atoms with Crippen LogP contribution >= 0.6 is 11.8 Å². The Morgan fingerprint density at radius 3 is 2.80 bits per heavy atom. The largest absolute Gasteiger partial charge is 0.396 e. The average Bonchev–Trinajstić information content (AvgIpc) is 2.91. The highest BCUT2D eigenvalue weighted by Crippen LogP contribution is 2.23. The van der Waals surface area contributed by atoms with E-state index in [1.165, 1.54) is 0 Å². The SMILES string of the molecule is CCn1c(SCCCCCO)nnc1-c1ccccn1. The second-order valence-electron chi connectivity index (χ2n) is 4.40. The maximum atomic E-state index is 8.75. The number of pyridine rings is 1. The summed E-state index contributed by atoms with van der Waals surface area (Å²) in [5, 5.41) is 18.2. The van der Waals surface area contributed by atoms with Crippen molar-refractivity contribution in [3.8, 4) is 11.5 Å². The molecule has 2 aromatic rings. The zero-order valence-electron chi connectivity index (χ0n) is 11.7. The number of aliphatic hydroxyl groups is 1. The van der Waals surface area contributed by atoms with Gasteiger partial charge in [-0.2, -0.15) is 0 Å². The first-order valence-electron chi connectivity index (χ1n) is 6.95. The van der Waals surface area contributed by atoms with Crippen LogP contribution in [0.2, 0.25) is 0 Å². The molecule has 0 atom stereocenters. The van der Waals surface area contributed by atoms with Crippen molar-refractivity contribution in [1.29, 1.82) is 0 Å². The number of hydrogen-bond donors (Lipinski definition) is 1. The lowest BCUT2D eigenvalue weighted by atomic mass is 10.3. The standard InChI is InChI=1S/C14H20N4OS/c1-2-18-13(12-8-4-5-9-15-12)16-17-14(18)20-11-7-3-6-10-19/h4-5,8-9,19H,2-3,6-7,10-11H2,1H3. The predicted octanol–water partition coefficient (Wildman–Crippen LogP) is 2.61. The van der Waals surface area contributed by atoms with Gasteiger partial charge in [0.1, 0.15) is 5.69 Å². The van der Waals surface area contributed by atoms with Crippen LogP contribution in [0.1, 0.15) is 26.2 Å². The van der Waals surface area contributed by atoms with E-state index in [1.54, 1.807) is 18.0 Å². The Kier molecular flexibility index (Phi) is 6.01. The van der Waals surface area contributed by atoms with Gasteiger partial charge in [-0.15, -0.1) is 10.2 Å². The van der Waals surface area contributed by atoms with E-state index in [2.05, 4.69) is 26.7 Å². The molecule has 0 aliphatic heterocycles. The quantitative estimate of drug-likeness (QED) is 0.598. The topological polar surface area (TPSA) is 63.8 Å². The van der Waals surface area contributed by atoms with Gasteiger partial charge in [-0.1, -0.05) is 24.2 Å². The molecule has 0 amide bonds. The molecule has 2 rings (SSSR count). The molecule has 108 valence electrons.